The highest BCUT2D eigenvalue weighted by Gasteiger charge is 2.23. The van der Waals surface area contributed by atoms with Crippen LogP contribution in [0, 0.1) is 6.92 Å². The first kappa shape index (κ1) is 14.0. The second-order valence-corrected chi connectivity index (χ2v) is 6.51. The number of aromatic nitrogens is 1. The van der Waals surface area contributed by atoms with Gasteiger partial charge in [0.15, 0.2) is 0 Å². The van der Waals surface area contributed by atoms with Crippen molar-refractivity contribution in [3.05, 3.63) is 16.1 Å². The van der Waals surface area contributed by atoms with E-state index in [2.05, 4.69) is 35.8 Å². The Bertz CT molecular complexity index is 362. The van der Waals surface area contributed by atoms with Gasteiger partial charge in [-0.1, -0.05) is 6.42 Å². The molecule has 1 aromatic rings. The molecule has 0 radical (unpaired) electrons. The highest BCUT2D eigenvalue weighted by molar-refractivity contribution is 7.09. The first-order valence-corrected chi connectivity index (χ1v) is 7.82. The van der Waals surface area contributed by atoms with Crippen LogP contribution < -0.4 is 0 Å². The van der Waals surface area contributed by atoms with Gasteiger partial charge in [-0.2, -0.15) is 0 Å². The van der Waals surface area contributed by atoms with Gasteiger partial charge in [0.05, 0.1) is 11.2 Å². The molecule has 4 heteroatoms. The van der Waals surface area contributed by atoms with Gasteiger partial charge in [-0.25, -0.2) is 4.98 Å². The molecular formula is C14H25N3S. The number of hydrogen-bond acceptors (Lipinski definition) is 4. The maximum atomic E-state index is 4.36. The molecule has 1 aliphatic rings. The summed E-state index contributed by atoms with van der Waals surface area (Å²) < 4.78 is 0. The van der Waals surface area contributed by atoms with E-state index in [0.717, 1.165) is 12.6 Å². The van der Waals surface area contributed by atoms with Crippen LogP contribution in [0.15, 0.2) is 5.51 Å². The van der Waals surface area contributed by atoms with E-state index < -0.39 is 0 Å². The summed E-state index contributed by atoms with van der Waals surface area (Å²) in [6, 6.07) is 0.766. The van der Waals surface area contributed by atoms with Gasteiger partial charge in [0, 0.05) is 17.5 Å². The summed E-state index contributed by atoms with van der Waals surface area (Å²) in [7, 11) is 4.33. The Morgan fingerprint density at radius 1 is 1.44 bits per heavy atom. The molecule has 1 saturated heterocycles. The summed E-state index contributed by atoms with van der Waals surface area (Å²) in [5.41, 5.74) is 3.20. The lowest BCUT2D eigenvalue weighted by Crippen LogP contribution is -2.40. The second-order valence-electron chi connectivity index (χ2n) is 5.57. The van der Waals surface area contributed by atoms with E-state index in [4.69, 9.17) is 0 Å². The van der Waals surface area contributed by atoms with Crippen LogP contribution in [-0.4, -0.2) is 48.0 Å². The lowest BCUT2D eigenvalue weighted by molar-refractivity contribution is 0.125. The molecule has 0 unspecified atom stereocenters. The zero-order valence-electron chi connectivity index (χ0n) is 11.9. The first-order chi connectivity index (χ1) is 8.66. The largest absolute Gasteiger partial charge is 0.309 e. The third kappa shape index (κ3) is 3.77. The SMILES string of the molecule is Cc1ncsc1CN1CCCC[C@H]1CCN(C)C. The van der Waals surface area contributed by atoms with Crippen molar-refractivity contribution in [2.45, 2.75) is 45.2 Å². The van der Waals surface area contributed by atoms with Crippen molar-refractivity contribution in [1.29, 1.82) is 0 Å². The highest BCUT2D eigenvalue weighted by Crippen LogP contribution is 2.24. The fourth-order valence-electron chi connectivity index (χ4n) is 2.66. The molecule has 1 aromatic heterocycles. The molecule has 102 valence electrons. The summed E-state index contributed by atoms with van der Waals surface area (Å²) >= 11 is 1.81. The van der Waals surface area contributed by atoms with Crippen molar-refractivity contribution in [2.75, 3.05) is 27.2 Å². The number of hydrogen-bond donors (Lipinski definition) is 0. The predicted molar refractivity (Wildman–Crippen MR) is 78.1 cm³/mol. The molecule has 0 saturated carbocycles. The Morgan fingerprint density at radius 3 is 2.94 bits per heavy atom. The minimum atomic E-state index is 0.766. The van der Waals surface area contributed by atoms with Crippen LogP contribution in [0.4, 0.5) is 0 Å². The second kappa shape index (κ2) is 6.64. The third-order valence-corrected chi connectivity index (χ3v) is 4.77. The van der Waals surface area contributed by atoms with Crippen LogP contribution in [0.1, 0.15) is 36.3 Å². The average molecular weight is 267 g/mol. The van der Waals surface area contributed by atoms with Gasteiger partial charge in [-0.3, -0.25) is 4.90 Å². The van der Waals surface area contributed by atoms with Gasteiger partial charge < -0.3 is 4.90 Å². The number of aryl methyl sites for hydroxylation is 1. The number of nitrogens with zero attached hydrogens (tertiary/aromatic N) is 3. The molecule has 0 bridgehead atoms. The number of likely N-dealkylation sites (tertiary alicyclic amines) is 1. The molecule has 1 fully saturated rings. The fraction of sp³-hybridized carbons (Fsp3) is 0.786. The molecule has 0 aromatic carbocycles. The van der Waals surface area contributed by atoms with Crippen LogP contribution in [0.2, 0.25) is 0 Å². The van der Waals surface area contributed by atoms with Gasteiger partial charge in [0.2, 0.25) is 0 Å². The molecule has 0 N–H and O–H groups in total. The van der Waals surface area contributed by atoms with Crippen molar-refractivity contribution in [3.63, 3.8) is 0 Å². The highest BCUT2D eigenvalue weighted by atomic mass is 32.1. The van der Waals surface area contributed by atoms with Gasteiger partial charge in [-0.15, -0.1) is 11.3 Å². The zero-order chi connectivity index (χ0) is 13.0. The van der Waals surface area contributed by atoms with E-state index in [1.807, 2.05) is 5.51 Å². The summed E-state index contributed by atoms with van der Waals surface area (Å²) in [5.74, 6) is 0. The van der Waals surface area contributed by atoms with Crippen molar-refractivity contribution < 1.29 is 0 Å². The van der Waals surface area contributed by atoms with E-state index >= 15 is 0 Å². The monoisotopic (exact) mass is 267 g/mol. The van der Waals surface area contributed by atoms with E-state index in [9.17, 15) is 0 Å². The number of rotatable bonds is 5. The molecule has 3 nitrogen and oxygen atoms in total. The normalized spacial score (nSPS) is 21.7. The van der Waals surface area contributed by atoms with Crippen LogP contribution in [0.3, 0.4) is 0 Å². The standard InChI is InChI=1S/C14H25N3S/c1-12-14(18-11-15-12)10-17-8-5-4-6-13(17)7-9-16(2)3/h11,13H,4-10H2,1-3H3/t13-/m0/s1. The minimum absolute atomic E-state index is 0.766. The lowest BCUT2D eigenvalue weighted by atomic mass is 9.99. The van der Waals surface area contributed by atoms with Crippen LogP contribution in [-0.2, 0) is 6.54 Å². The lowest BCUT2D eigenvalue weighted by Gasteiger charge is -2.36. The van der Waals surface area contributed by atoms with Crippen molar-refractivity contribution >= 4 is 11.3 Å². The molecule has 2 heterocycles. The average Bonchev–Trinajstić information content (AvgIpc) is 2.74. The smallest absolute Gasteiger partial charge is 0.0798 e. The topological polar surface area (TPSA) is 19.4 Å². The molecule has 0 amide bonds. The van der Waals surface area contributed by atoms with E-state index in [-0.39, 0.29) is 0 Å². The van der Waals surface area contributed by atoms with Crippen LogP contribution in [0.25, 0.3) is 0 Å². The molecule has 0 aliphatic carbocycles. The fourth-order valence-corrected chi connectivity index (χ4v) is 3.47. The Labute approximate surface area is 115 Å². The van der Waals surface area contributed by atoms with Crippen LogP contribution in [0.5, 0.6) is 0 Å². The van der Waals surface area contributed by atoms with Crippen LogP contribution >= 0.6 is 11.3 Å². The third-order valence-electron chi connectivity index (χ3n) is 3.85. The van der Waals surface area contributed by atoms with Gasteiger partial charge in [0.1, 0.15) is 0 Å². The molecule has 2 rings (SSSR count). The summed E-state index contributed by atoms with van der Waals surface area (Å²) in [4.78, 5) is 10.8. The minimum Gasteiger partial charge on any atom is -0.309 e. The summed E-state index contributed by atoms with van der Waals surface area (Å²) in [5, 5.41) is 0. The molecule has 0 spiro atoms. The zero-order valence-corrected chi connectivity index (χ0v) is 12.7. The van der Waals surface area contributed by atoms with E-state index in [0.29, 0.717) is 0 Å². The maximum Gasteiger partial charge on any atom is 0.0798 e. The number of piperidine rings is 1. The Hall–Kier alpha value is -0.450. The Balaban J connectivity index is 1.93. The molecular weight excluding hydrogens is 242 g/mol. The predicted octanol–water partition coefficient (Wildman–Crippen LogP) is 2.76. The van der Waals surface area contributed by atoms with Gasteiger partial charge in [-0.05, 0) is 53.4 Å². The van der Waals surface area contributed by atoms with Gasteiger partial charge >= 0.3 is 0 Å². The van der Waals surface area contributed by atoms with E-state index in [1.165, 1.54) is 49.3 Å². The molecule has 1 atom stereocenters. The van der Waals surface area contributed by atoms with Crippen molar-refractivity contribution in [3.8, 4) is 0 Å². The maximum absolute atomic E-state index is 4.36. The number of thiazole rings is 1. The Kier molecular flexibility index (Phi) is 5.15. The van der Waals surface area contributed by atoms with Gasteiger partial charge in [0.25, 0.3) is 0 Å². The van der Waals surface area contributed by atoms with E-state index in [1.54, 1.807) is 11.3 Å². The van der Waals surface area contributed by atoms with Crippen molar-refractivity contribution in [2.24, 2.45) is 0 Å². The summed E-state index contributed by atoms with van der Waals surface area (Å²) in [6.07, 6.45) is 5.42. The Morgan fingerprint density at radius 2 is 2.28 bits per heavy atom. The van der Waals surface area contributed by atoms with Crippen molar-refractivity contribution in [1.82, 2.24) is 14.8 Å². The molecule has 18 heavy (non-hydrogen) atoms. The summed E-state index contributed by atoms with van der Waals surface area (Å²) in [6.45, 7) is 5.69. The quantitative estimate of drug-likeness (QED) is 0.818. The first-order valence-electron chi connectivity index (χ1n) is 6.94. The molecule has 1 aliphatic heterocycles.